The van der Waals surface area contributed by atoms with Crippen LogP contribution in [0.25, 0.3) is 0 Å². The van der Waals surface area contributed by atoms with Gasteiger partial charge in [-0.3, -0.25) is 33.7 Å². The second kappa shape index (κ2) is 16.1. The first-order valence-corrected chi connectivity index (χ1v) is 20.4. The van der Waals surface area contributed by atoms with Gasteiger partial charge in [0.15, 0.2) is 0 Å². The van der Waals surface area contributed by atoms with Crippen molar-refractivity contribution in [1.29, 1.82) is 0 Å². The smallest absolute Gasteiger partial charge is 0.303 e. The van der Waals surface area contributed by atoms with Crippen molar-refractivity contribution in [3.63, 3.8) is 0 Å². The molecule has 0 aliphatic heterocycles. The fourth-order valence-corrected chi connectivity index (χ4v) is 11.2. The second-order valence-electron chi connectivity index (χ2n) is 17.6. The number of aryl methyl sites for hydroxylation is 2. The summed E-state index contributed by atoms with van der Waals surface area (Å²) in [6.45, 7) is 6.49. The van der Waals surface area contributed by atoms with Crippen LogP contribution in [0.1, 0.15) is 126 Å². The summed E-state index contributed by atoms with van der Waals surface area (Å²) >= 11 is 0. The summed E-state index contributed by atoms with van der Waals surface area (Å²) in [7, 11) is 1.67. The molecular formula is C44H58N4O8. The van der Waals surface area contributed by atoms with Gasteiger partial charge in [0.05, 0.1) is 11.5 Å². The van der Waals surface area contributed by atoms with E-state index in [2.05, 4.69) is 30.5 Å². The molecule has 0 bridgehead atoms. The highest BCUT2D eigenvalue weighted by atomic mass is 16.4. The number of anilines is 2. The molecule has 2 aromatic rings. The Bertz CT molecular complexity index is 1910. The van der Waals surface area contributed by atoms with Crippen LogP contribution in [0.3, 0.4) is 0 Å². The van der Waals surface area contributed by atoms with Crippen molar-refractivity contribution >= 4 is 46.9 Å². The highest BCUT2D eigenvalue weighted by Crippen LogP contribution is 2.59. The summed E-state index contributed by atoms with van der Waals surface area (Å²) in [5.74, 6) is -3.18. The fraction of sp³-hybridized carbons (Fsp3) is 0.591. The summed E-state index contributed by atoms with van der Waals surface area (Å²) in [5, 5.41) is 23.8. The standard InChI is InChI=1S/C44H58N4O8/c1-42-21-6-8-30(31(42)17-13-26-12-16-29(25-32(26)42)47-39(54)34(45)18-20-38(52)53)40(55)48(4)41(56)44(3)23-7-22-43(2)33-24-28(15-11-27(33)14-19-35(43)44)46-36(49)9-5-10-37(50)51/h11-12,15-16,24-25,30-31,34-35H,5-10,13-14,17-23,45H2,1-4H3,(H,46,49)(H,47,54)(H,50,51)(H,52,53)/t30?,31?,34?,35?,42?,43?,44-/m0/s1. The first-order chi connectivity index (χ1) is 26.5. The van der Waals surface area contributed by atoms with Gasteiger partial charge in [-0.05, 0) is 133 Å². The minimum absolute atomic E-state index is 0.00965. The van der Waals surface area contributed by atoms with Crippen LogP contribution in [0.4, 0.5) is 11.4 Å². The highest BCUT2D eigenvalue weighted by Gasteiger charge is 2.57. The molecule has 0 radical (unpaired) electrons. The number of hydrogen-bond acceptors (Lipinski definition) is 7. The Labute approximate surface area is 329 Å². The number of hydrogen-bond donors (Lipinski definition) is 5. The van der Waals surface area contributed by atoms with Gasteiger partial charge in [0.2, 0.25) is 23.6 Å². The largest absolute Gasteiger partial charge is 0.481 e. The minimum atomic E-state index is -1.01. The Morgan fingerprint density at radius 2 is 1.39 bits per heavy atom. The molecule has 2 fully saturated rings. The number of nitrogens with zero attached hydrogens (tertiary/aromatic N) is 1. The number of carboxylic acid groups (broad SMARTS) is 2. The van der Waals surface area contributed by atoms with E-state index in [1.54, 1.807) is 7.05 Å². The molecule has 6 unspecified atom stereocenters. The number of carbonyl (C=O) groups is 6. The number of nitrogens with two attached hydrogens (primary N) is 1. The van der Waals surface area contributed by atoms with Gasteiger partial charge in [-0.25, -0.2) is 0 Å². The maximum atomic E-state index is 14.8. The molecule has 4 aliphatic rings. The zero-order valence-electron chi connectivity index (χ0n) is 33.2. The highest BCUT2D eigenvalue weighted by molar-refractivity contribution is 5.99. The summed E-state index contributed by atoms with van der Waals surface area (Å²) in [4.78, 5) is 78.3. The predicted molar refractivity (Wildman–Crippen MR) is 212 cm³/mol. The predicted octanol–water partition coefficient (Wildman–Crippen LogP) is 6.33. The lowest BCUT2D eigenvalue weighted by Crippen LogP contribution is -2.58. The molecule has 0 saturated heterocycles. The first kappa shape index (κ1) is 41.1. The van der Waals surface area contributed by atoms with Crippen molar-refractivity contribution in [3.05, 3.63) is 58.7 Å². The van der Waals surface area contributed by atoms with Crippen molar-refractivity contribution in [1.82, 2.24) is 4.90 Å². The molecule has 2 saturated carbocycles. The SMILES string of the molecule is CN(C(=O)C1CCCC2(C)c3cc(NC(=O)C(N)CCC(=O)O)ccc3CCC12)C(=O)[C@@]1(C)CCCC2(C)c3cc(NC(=O)CCCC(=O)O)ccc3CCC21. The third kappa shape index (κ3) is 7.86. The average Bonchev–Trinajstić information content (AvgIpc) is 3.15. The van der Waals surface area contributed by atoms with Gasteiger partial charge < -0.3 is 26.6 Å². The maximum Gasteiger partial charge on any atom is 0.303 e. The zero-order chi connectivity index (χ0) is 40.6. The third-order valence-electron chi connectivity index (χ3n) is 14.1. The van der Waals surface area contributed by atoms with Crippen LogP contribution in [0, 0.1) is 23.2 Å². The van der Waals surface area contributed by atoms with E-state index in [0.717, 1.165) is 62.5 Å². The molecule has 56 heavy (non-hydrogen) atoms. The van der Waals surface area contributed by atoms with E-state index in [4.69, 9.17) is 15.9 Å². The van der Waals surface area contributed by atoms with E-state index in [9.17, 15) is 28.8 Å². The van der Waals surface area contributed by atoms with E-state index in [1.807, 2.05) is 37.3 Å². The van der Waals surface area contributed by atoms with Crippen molar-refractivity contribution in [2.75, 3.05) is 17.7 Å². The van der Waals surface area contributed by atoms with Crippen molar-refractivity contribution in [2.24, 2.45) is 28.9 Å². The Morgan fingerprint density at radius 3 is 2.05 bits per heavy atom. The van der Waals surface area contributed by atoms with Gasteiger partial charge in [-0.15, -0.1) is 0 Å². The van der Waals surface area contributed by atoms with Crippen LogP contribution >= 0.6 is 0 Å². The Kier molecular flexibility index (Phi) is 11.8. The normalized spacial score (nSPS) is 28.3. The molecule has 0 spiro atoms. The van der Waals surface area contributed by atoms with Gasteiger partial charge in [0.1, 0.15) is 0 Å². The Hall–Kier alpha value is -4.58. The van der Waals surface area contributed by atoms with E-state index >= 15 is 0 Å². The maximum absolute atomic E-state index is 14.8. The second-order valence-corrected chi connectivity index (χ2v) is 17.6. The zero-order valence-corrected chi connectivity index (χ0v) is 33.2. The molecule has 4 amide bonds. The molecule has 302 valence electrons. The number of imide groups is 1. The lowest BCUT2D eigenvalue weighted by Gasteiger charge is -2.55. The molecule has 0 aromatic heterocycles. The number of benzene rings is 2. The fourth-order valence-electron chi connectivity index (χ4n) is 11.2. The topological polar surface area (TPSA) is 196 Å². The molecule has 4 aliphatic carbocycles. The van der Waals surface area contributed by atoms with Gasteiger partial charge in [0.25, 0.3) is 0 Å². The van der Waals surface area contributed by atoms with Crippen molar-refractivity contribution in [3.8, 4) is 0 Å². The summed E-state index contributed by atoms with van der Waals surface area (Å²) in [5.41, 5.74) is 10.4. The first-order valence-electron chi connectivity index (χ1n) is 20.4. The summed E-state index contributed by atoms with van der Waals surface area (Å²) in [6, 6.07) is 10.9. The molecule has 7 atom stereocenters. The minimum Gasteiger partial charge on any atom is -0.481 e. The number of aliphatic carboxylic acids is 2. The molecule has 6 rings (SSSR count). The van der Waals surface area contributed by atoms with Gasteiger partial charge >= 0.3 is 11.9 Å². The Balaban J connectivity index is 1.18. The van der Waals surface area contributed by atoms with Gasteiger partial charge in [0, 0.05) is 43.6 Å². The molecule has 12 heteroatoms. The third-order valence-corrected chi connectivity index (χ3v) is 14.1. The van der Waals surface area contributed by atoms with Crippen LogP contribution in [0.15, 0.2) is 36.4 Å². The number of fused-ring (bicyclic) bond motifs is 6. The average molecular weight is 771 g/mol. The molecule has 0 heterocycles. The van der Waals surface area contributed by atoms with E-state index < -0.39 is 29.3 Å². The van der Waals surface area contributed by atoms with Crippen LogP contribution in [-0.4, -0.2) is 63.8 Å². The van der Waals surface area contributed by atoms with E-state index in [-0.39, 0.29) is 78.4 Å². The molecule has 2 aromatic carbocycles. The number of nitrogens with one attached hydrogen (secondary N) is 2. The Morgan fingerprint density at radius 1 is 0.786 bits per heavy atom. The van der Waals surface area contributed by atoms with Gasteiger partial charge in [-0.2, -0.15) is 0 Å². The van der Waals surface area contributed by atoms with Crippen LogP contribution in [0.5, 0.6) is 0 Å². The summed E-state index contributed by atoms with van der Waals surface area (Å²) < 4.78 is 0. The molecular weight excluding hydrogens is 713 g/mol. The van der Waals surface area contributed by atoms with Gasteiger partial charge in [-0.1, -0.05) is 45.7 Å². The quantitative estimate of drug-likeness (QED) is 0.153. The number of amides is 4. The number of carbonyl (C=O) groups excluding carboxylic acids is 4. The number of rotatable bonds is 12. The molecule has 6 N–H and O–H groups in total. The van der Waals surface area contributed by atoms with Crippen LogP contribution in [-0.2, 0) is 52.4 Å². The summed E-state index contributed by atoms with van der Waals surface area (Å²) in [6.07, 6.45) is 8.20. The van der Waals surface area contributed by atoms with E-state index in [0.29, 0.717) is 24.2 Å². The number of carboxylic acids is 2. The van der Waals surface area contributed by atoms with Crippen LogP contribution in [0.2, 0.25) is 0 Å². The lowest BCUT2D eigenvalue weighted by molar-refractivity contribution is -0.160. The van der Waals surface area contributed by atoms with Crippen LogP contribution < -0.4 is 16.4 Å². The molecule has 12 nitrogen and oxygen atoms in total. The van der Waals surface area contributed by atoms with E-state index in [1.165, 1.54) is 16.0 Å². The lowest BCUT2D eigenvalue weighted by atomic mass is 9.49. The van der Waals surface area contributed by atoms with Crippen molar-refractivity contribution < 1.29 is 39.0 Å². The monoisotopic (exact) mass is 770 g/mol. The van der Waals surface area contributed by atoms with Crippen molar-refractivity contribution in [2.45, 2.75) is 134 Å².